The maximum absolute atomic E-state index is 10.9. The van der Waals surface area contributed by atoms with Crippen LogP contribution in [0.5, 0.6) is 23.0 Å². The molecule has 0 saturated carbocycles. The van der Waals surface area contributed by atoms with Gasteiger partial charge in [-0.15, -0.1) is 0 Å². The largest absolute Gasteiger partial charge is 0.497 e. The minimum absolute atomic E-state index is 0.476. The standard InChI is InChI=1S/C18H20N2O5/c1-22-12-5-6-20-13(10-19-16(20)9-12)17(21)11-7-14(23-2)18(25-4)15(8-11)24-3/h5-10,17,21H,1-4H3. The molecule has 132 valence electrons. The Morgan fingerprint density at radius 2 is 1.64 bits per heavy atom. The van der Waals surface area contributed by atoms with Gasteiger partial charge in [0, 0.05) is 12.3 Å². The molecule has 0 spiro atoms. The van der Waals surface area contributed by atoms with Crippen molar-refractivity contribution in [3.63, 3.8) is 0 Å². The lowest BCUT2D eigenvalue weighted by molar-refractivity contribution is 0.212. The van der Waals surface area contributed by atoms with Crippen LogP contribution in [0.4, 0.5) is 0 Å². The second kappa shape index (κ2) is 6.90. The van der Waals surface area contributed by atoms with Gasteiger partial charge < -0.3 is 28.5 Å². The summed E-state index contributed by atoms with van der Waals surface area (Å²) in [6, 6.07) is 7.04. The van der Waals surface area contributed by atoms with Crippen LogP contribution in [-0.2, 0) is 0 Å². The molecule has 2 heterocycles. The molecular formula is C18H20N2O5. The highest BCUT2D eigenvalue weighted by Gasteiger charge is 2.21. The number of hydrogen-bond donors (Lipinski definition) is 1. The number of aliphatic hydroxyl groups is 1. The first-order valence-corrected chi connectivity index (χ1v) is 7.61. The lowest BCUT2D eigenvalue weighted by atomic mass is 10.1. The summed E-state index contributed by atoms with van der Waals surface area (Å²) in [5, 5.41) is 10.9. The highest BCUT2D eigenvalue weighted by Crippen LogP contribution is 2.40. The van der Waals surface area contributed by atoms with Gasteiger partial charge in [0.15, 0.2) is 11.5 Å². The maximum atomic E-state index is 10.9. The van der Waals surface area contributed by atoms with Crippen LogP contribution in [-0.4, -0.2) is 42.9 Å². The number of fused-ring (bicyclic) bond motifs is 1. The number of benzene rings is 1. The van der Waals surface area contributed by atoms with E-state index in [0.717, 1.165) is 0 Å². The molecule has 0 aliphatic rings. The van der Waals surface area contributed by atoms with Crippen LogP contribution in [0.15, 0.2) is 36.7 Å². The van der Waals surface area contributed by atoms with Gasteiger partial charge in [0.25, 0.3) is 0 Å². The summed E-state index contributed by atoms with van der Waals surface area (Å²) in [7, 11) is 6.21. The van der Waals surface area contributed by atoms with Gasteiger partial charge in [-0.05, 0) is 23.8 Å². The third kappa shape index (κ3) is 2.94. The molecule has 2 aromatic heterocycles. The van der Waals surface area contributed by atoms with Gasteiger partial charge in [0.05, 0.1) is 40.3 Å². The fourth-order valence-electron chi connectivity index (χ4n) is 2.74. The van der Waals surface area contributed by atoms with Crippen LogP contribution in [0, 0.1) is 0 Å². The third-order valence-electron chi connectivity index (χ3n) is 4.03. The van der Waals surface area contributed by atoms with Crippen LogP contribution in [0.1, 0.15) is 17.4 Å². The molecule has 3 rings (SSSR count). The summed E-state index contributed by atoms with van der Waals surface area (Å²) >= 11 is 0. The number of ether oxygens (including phenoxy) is 4. The Morgan fingerprint density at radius 1 is 0.960 bits per heavy atom. The van der Waals surface area contributed by atoms with E-state index in [9.17, 15) is 5.11 Å². The molecule has 0 bridgehead atoms. The quantitative estimate of drug-likeness (QED) is 0.740. The van der Waals surface area contributed by atoms with E-state index in [1.165, 1.54) is 21.3 Å². The Balaban J connectivity index is 2.07. The molecule has 0 amide bonds. The Morgan fingerprint density at radius 3 is 2.20 bits per heavy atom. The molecule has 7 nitrogen and oxygen atoms in total. The van der Waals surface area contributed by atoms with Crippen molar-refractivity contribution in [1.82, 2.24) is 9.38 Å². The predicted octanol–water partition coefficient (Wildman–Crippen LogP) is 2.45. The van der Waals surface area contributed by atoms with Crippen molar-refractivity contribution in [2.45, 2.75) is 6.10 Å². The molecule has 0 aliphatic carbocycles. The normalized spacial score (nSPS) is 12.0. The summed E-state index contributed by atoms with van der Waals surface area (Å²) in [5.41, 5.74) is 1.90. The number of nitrogens with zero attached hydrogens (tertiary/aromatic N) is 2. The molecule has 0 fully saturated rings. The lowest BCUT2D eigenvalue weighted by Crippen LogP contribution is -2.05. The fourth-order valence-corrected chi connectivity index (χ4v) is 2.74. The van der Waals surface area contributed by atoms with Crippen LogP contribution in [0.3, 0.4) is 0 Å². The molecule has 25 heavy (non-hydrogen) atoms. The smallest absolute Gasteiger partial charge is 0.203 e. The van der Waals surface area contributed by atoms with Gasteiger partial charge >= 0.3 is 0 Å². The highest BCUT2D eigenvalue weighted by molar-refractivity contribution is 5.55. The van der Waals surface area contributed by atoms with Crippen molar-refractivity contribution in [3.05, 3.63) is 47.9 Å². The molecule has 1 unspecified atom stereocenters. The van der Waals surface area contributed by atoms with Gasteiger partial charge in [-0.25, -0.2) is 4.98 Å². The van der Waals surface area contributed by atoms with E-state index < -0.39 is 6.10 Å². The summed E-state index contributed by atoms with van der Waals surface area (Å²) in [6.45, 7) is 0. The molecule has 7 heteroatoms. The van der Waals surface area contributed by atoms with Crippen LogP contribution < -0.4 is 18.9 Å². The minimum atomic E-state index is -0.919. The second-order valence-corrected chi connectivity index (χ2v) is 5.34. The van der Waals surface area contributed by atoms with Crippen LogP contribution in [0.2, 0.25) is 0 Å². The van der Waals surface area contributed by atoms with E-state index >= 15 is 0 Å². The van der Waals surface area contributed by atoms with Gasteiger partial charge in [-0.3, -0.25) is 0 Å². The van der Waals surface area contributed by atoms with Crippen molar-refractivity contribution in [3.8, 4) is 23.0 Å². The van der Waals surface area contributed by atoms with E-state index in [4.69, 9.17) is 18.9 Å². The van der Waals surface area contributed by atoms with Gasteiger partial charge in [-0.1, -0.05) is 0 Å². The molecule has 3 aromatic rings. The molecule has 1 N–H and O–H groups in total. The number of aromatic nitrogens is 2. The van der Waals surface area contributed by atoms with E-state index in [2.05, 4.69) is 4.98 Å². The van der Waals surface area contributed by atoms with Crippen molar-refractivity contribution < 1.29 is 24.1 Å². The predicted molar refractivity (Wildman–Crippen MR) is 91.9 cm³/mol. The lowest BCUT2D eigenvalue weighted by Gasteiger charge is -2.17. The molecular weight excluding hydrogens is 324 g/mol. The first kappa shape index (κ1) is 16.9. The Kier molecular flexibility index (Phi) is 4.67. The van der Waals surface area contributed by atoms with E-state index in [1.807, 2.05) is 0 Å². The second-order valence-electron chi connectivity index (χ2n) is 5.34. The Hall–Kier alpha value is -2.93. The van der Waals surface area contributed by atoms with Crippen LogP contribution in [0.25, 0.3) is 5.65 Å². The number of imidazole rings is 1. The zero-order chi connectivity index (χ0) is 18.0. The van der Waals surface area contributed by atoms with Crippen molar-refractivity contribution >= 4 is 5.65 Å². The molecule has 0 saturated heterocycles. The van der Waals surface area contributed by atoms with Gasteiger partial charge in [0.1, 0.15) is 17.5 Å². The summed E-state index contributed by atoms with van der Waals surface area (Å²) in [6.07, 6.45) is 2.51. The monoisotopic (exact) mass is 344 g/mol. The summed E-state index contributed by atoms with van der Waals surface area (Å²) < 4.78 is 23.0. The topological polar surface area (TPSA) is 74.5 Å². The fraction of sp³-hybridized carbons (Fsp3) is 0.278. The zero-order valence-electron chi connectivity index (χ0n) is 14.5. The van der Waals surface area contributed by atoms with Crippen molar-refractivity contribution in [1.29, 1.82) is 0 Å². The number of hydrogen-bond acceptors (Lipinski definition) is 6. The zero-order valence-corrected chi connectivity index (χ0v) is 14.5. The Labute approximate surface area is 145 Å². The van der Waals surface area contributed by atoms with Crippen LogP contribution >= 0.6 is 0 Å². The van der Waals surface area contributed by atoms with Gasteiger partial charge in [0.2, 0.25) is 5.75 Å². The summed E-state index contributed by atoms with van der Waals surface area (Å²) in [5.74, 6) is 2.13. The highest BCUT2D eigenvalue weighted by atomic mass is 16.5. The summed E-state index contributed by atoms with van der Waals surface area (Å²) in [4.78, 5) is 4.33. The molecule has 0 aliphatic heterocycles. The number of pyridine rings is 1. The maximum Gasteiger partial charge on any atom is 0.203 e. The average molecular weight is 344 g/mol. The first-order chi connectivity index (χ1) is 12.1. The minimum Gasteiger partial charge on any atom is -0.497 e. The number of methoxy groups -OCH3 is 4. The Bertz CT molecular complexity index is 865. The van der Waals surface area contributed by atoms with Crippen molar-refractivity contribution in [2.24, 2.45) is 0 Å². The van der Waals surface area contributed by atoms with Gasteiger partial charge in [-0.2, -0.15) is 0 Å². The molecule has 1 aromatic carbocycles. The third-order valence-corrected chi connectivity index (χ3v) is 4.03. The number of rotatable bonds is 6. The average Bonchev–Trinajstić information content (AvgIpc) is 3.08. The van der Waals surface area contributed by atoms with E-state index in [0.29, 0.717) is 39.9 Å². The number of aliphatic hydroxyl groups excluding tert-OH is 1. The SMILES string of the molecule is COc1ccn2c(C(O)c3cc(OC)c(OC)c(OC)c3)cnc2c1. The van der Waals surface area contributed by atoms with E-state index in [1.54, 1.807) is 48.2 Å². The van der Waals surface area contributed by atoms with E-state index in [-0.39, 0.29) is 0 Å². The first-order valence-electron chi connectivity index (χ1n) is 7.61. The molecule has 1 atom stereocenters. The molecule has 0 radical (unpaired) electrons. The van der Waals surface area contributed by atoms with Crippen molar-refractivity contribution in [2.75, 3.05) is 28.4 Å².